The van der Waals surface area contributed by atoms with E-state index in [0.29, 0.717) is 0 Å². The van der Waals surface area contributed by atoms with Gasteiger partial charge < -0.3 is 0 Å². The van der Waals surface area contributed by atoms with E-state index in [4.69, 9.17) is 0 Å². The Morgan fingerprint density at radius 1 is 0.356 bits per heavy atom. The van der Waals surface area contributed by atoms with Gasteiger partial charge in [-0.3, -0.25) is 0 Å². The van der Waals surface area contributed by atoms with E-state index in [1.54, 1.807) is 11.1 Å². The quantitative estimate of drug-likeness (QED) is 0.0567. The smallest absolute Gasteiger partial charge is 0.173 e. The summed E-state index contributed by atoms with van der Waals surface area (Å²) in [7, 11) is 0. The van der Waals surface area contributed by atoms with Gasteiger partial charge in [-0.25, -0.2) is 4.57 Å². The minimum Gasteiger partial charge on any atom is -0.200 e. The molecule has 1 heterocycles. The maximum Gasteiger partial charge on any atom is 0.173 e. The van der Waals surface area contributed by atoms with Gasteiger partial charge in [0, 0.05) is 16.7 Å². The first-order valence-electron chi connectivity index (χ1n) is 20.4. The van der Waals surface area contributed by atoms with Crippen molar-refractivity contribution >= 4 is 0 Å². The Bertz CT molecular complexity index is 837. The minimum atomic E-state index is 0.985. The van der Waals surface area contributed by atoms with Gasteiger partial charge in [0.15, 0.2) is 18.9 Å². The van der Waals surface area contributed by atoms with Crippen molar-refractivity contribution in [3.8, 4) is 0 Å². The summed E-state index contributed by atoms with van der Waals surface area (Å²) in [6.07, 6.45) is 47.4. The predicted octanol–water partition coefficient (Wildman–Crippen LogP) is 14.1. The molecule has 0 spiro atoms. The van der Waals surface area contributed by atoms with Gasteiger partial charge in [0.1, 0.15) is 0 Å². The third-order valence-electron chi connectivity index (χ3n) is 9.88. The molecule has 0 amide bonds. The lowest BCUT2D eigenvalue weighted by atomic mass is 10.0. The molecule has 0 radical (unpaired) electrons. The number of pyridine rings is 1. The van der Waals surface area contributed by atoms with Crippen LogP contribution in [0.25, 0.3) is 0 Å². The summed E-state index contributed by atoms with van der Waals surface area (Å²) < 4.78 is 2.47. The summed E-state index contributed by atoms with van der Waals surface area (Å²) >= 11 is 0. The molecule has 45 heavy (non-hydrogen) atoms. The zero-order chi connectivity index (χ0) is 31.9. The number of aromatic nitrogens is 1. The molecule has 1 nitrogen and oxygen atoms in total. The number of hydrogen-bond donors (Lipinski definition) is 0. The van der Waals surface area contributed by atoms with Crippen LogP contribution >= 0.6 is 0 Å². The Kier molecular flexibility index (Phi) is 26.1. The molecule has 2 aromatic rings. The molecule has 0 bridgehead atoms. The van der Waals surface area contributed by atoms with Gasteiger partial charge in [-0.05, 0) is 31.7 Å². The number of hydrogen-bond acceptors (Lipinski definition) is 0. The molecular formula is C44H76N+. The van der Waals surface area contributed by atoms with E-state index in [1.807, 2.05) is 0 Å². The second kappa shape index (κ2) is 29.8. The number of benzene rings is 1. The van der Waals surface area contributed by atoms with E-state index in [0.717, 1.165) is 6.54 Å². The normalized spacial score (nSPS) is 11.4. The highest BCUT2D eigenvalue weighted by atomic mass is 14.9. The average molecular weight is 619 g/mol. The van der Waals surface area contributed by atoms with Crippen molar-refractivity contribution in [1.29, 1.82) is 0 Å². The number of nitrogens with zero attached hydrogens (tertiary/aromatic N) is 1. The molecule has 0 fully saturated rings. The van der Waals surface area contributed by atoms with Crippen LogP contribution in [-0.2, 0) is 19.4 Å². The molecule has 256 valence electrons. The SMILES string of the molecule is CCCCCCCCCCCCCCCCc1cc(CCCCCCCCCCCCCCCC)c[n+](Cc2ccccc2)c1. The van der Waals surface area contributed by atoms with E-state index >= 15 is 0 Å². The van der Waals surface area contributed by atoms with Crippen molar-refractivity contribution in [1.82, 2.24) is 0 Å². The zero-order valence-electron chi connectivity index (χ0n) is 30.5. The lowest BCUT2D eigenvalue weighted by Gasteiger charge is -2.07. The van der Waals surface area contributed by atoms with Crippen molar-refractivity contribution in [3.63, 3.8) is 0 Å². The highest BCUT2D eigenvalue weighted by Crippen LogP contribution is 2.17. The lowest BCUT2D eigenvalue weighted by molar-refractivity contribution is -0.689. The molecule has 0 aliphatic heterocycles. The molecule has 0 saturated carbocycles. The van der Waals surface area contributed by atoms with Crippen LogP contribution in [0.3, 0.4) is 0 Å². The van der Waals surface area contributed by atoms with Crippen molar-refractivity contribution in [3.05, 3.63) is 65.5 Å². The predicted molar refractivity (Wildman–Crippen MR) is 200 cm³/mol. The first kappa shape index (κ1) is 39.5. The van der Waals surface area contributed by atoms with E-state index < -0.39 is 0 Å². The lowest BCUT2D eigenvalue weighted by Crippen LogP contribution is -2.35. The molecule has 0 atom stereocenters. The topological polar surface area (TPSA) is 3.88 Å². The van der Waals surface area contributed by atoms with Crippen LogP contribution in [0.4, 0.5) is 0 Å². The average Bonchev–Trinajstić information content (AvgIpc) is 3.05. The van der Waals surface area contributed by atoms with E-state index in [-0.39, 0.29) is 0 Å². The fraction of sp³-hybridized carbons (Fsp3) is 0.750. The Hall–Kier alpha value is -1.63. The van der Waals surface area contributed by atoms with Crippen LogP contribution in [0.15, 0.2) is 48.8 Å². The van der Waals surface area contributed by atoms with Gasteiger partial charge in [0.2, 0.25) is 0 Å². The molecule has 1 heteroatoms. The van der Waals surface area contributed by atoms with Crippen LogP contribution in [0, 0.1) is 0 Å². The van der Waals surface area contributed by atoms with Gasteiger partial charge in [-0.1, -0.05) is 211 Å². The van der Waals surface area contributed by atoms with E-state index in [2.05, 4.69) is 67.2 Å². The van der Waals surface area contributed by atoms with Gasteiger partial charge in [0.05, 0.1) is 0 Å². The Morgan fingerprint density at radius 3 is 1.00 bits per heavy atom. The Balaban J connectivity index is 1.59. The van der Waals surface area contributed by atoms with E-state index in [1.165, 1.54) is 198 Å². The van der Waals surface area contributed by atoms with Gasteiger partial charge >= 0.3 is 0 Å². The highest BCUT2D eigenvalue weighted by molar-refractivity contribution is 5.17. The van der Waals surface area contributed by atoms with Crippen molar-refractivity contribution in [2.24, 2.45) is 0 Å². The van der Waals surface area contributed by atoms with Crippen molar-refractivity contribution < 1.29 is 4.57 Å². The fourth-order valence-corrected chi connectivity index (χ4v) is 6.98. The summed E-state index contributed by atoms with van der Waals surface area (Å²) in [4.78, 5) is 0. The van der Waals surface area contributed by atoms with E-state index in [9.17, 15) is 0 Å². The van der Waals surface area contributed by atoms with Crippen molar-refractivity contribution in [2.75, 3.05) is 0 Å². The highest BCUT2D eigenvalue weighted by Gasteiger charge is 2.09. The summed E-state index contributed by atoms with van der Waals surface area (Å²) in [5, 5.41) is 0. The molecule has 2 rings (SSSR count). The van der Waals surface area contributed by atoms with Gasteiger partial charge in [0.25, 0.3) is 0 Å². The maximum absolute atomic E-state index is 2.53. The number of rotatable bonds is 32. The Labute approximate surface area is 282 Å². The standard InChI is InChI=1S/C44H76N/c1-3-5-7-9-11-13-15-17-19-21-23-25-27-30-36-43-38-44(41-45(40-43)39-42-34-32-29-33-35-42)37-31-28-26-24-22-20-18-16-14-12-10-8-6-4-2/h29,32-35,38,40-41H,3-28,30-31,36-37,39H2,1-2H3/q+1. The molecular weight excluding hydrogens is 542 g/mol. The maximum atomic E-state index is 2.53. The molecule has 0 N–H and O–H groups in total. The third-order valence-corrected chi connectivity index (χ3v) is 9.88. The molecule has 0 aliphatic rings. The summed E-state index contributed by atoms with van der Waals surface area (Å²) in [5.74, 6) is 0. The largest absolute Gasteiger partial charge is 0.200 e. The second-order valence-corrected chi connectivity index (χ2v) is 14.4. The first-order chi connectivity index (χ1) is 22.3. The van der Waals surface area contributed by atoms with Crippen LogP contribution in [0.5, 0.6) is 0 Å². The minimum absolute atomic E-state index is 0.985. The van der Waals surface area contributed by atoms with Crippen LogP contribution in [-0.4, -0.2) is 0 Å². The Morgan fingerprint density at radius 2 is 0.667 bits per heavy atom. The molecule has 1 aromatic heterocycles. The van der Waals surface area contributed by atoms with Crippen LogP contribution in [0.1, 0.15) is 210 Å². The number of unbranched alkanes of at least 4 members (excludes halogenated alkanes) is 26. The van der Waals surface area contributed by atoms with Gasteiger partial charge in [-0.15, -0.1) is 0 Å². The molecule has 0 saturated heterocycles. The second-order valence-electron chi connectivity index (χ2n) is 14.4. The van der Waals surface area contributed by atoms with Crippen molar-refractivity contribution in [2.45, 2.75) is 213 Å². The van der Waals surface area contributed by atoms with Crippen LogP contribution in [0.2, 0.25) is 0 Å². The zero-order valence-corrected chi connectivity index (χ0v) is 30.5. The summed E-state index contributed by atoms with van der Waals surface area (Å²) in [5.41, 5.74) is 4.50. The van der Waals surface area contributed by atoms with Crippen LogP contribution < -0.4 is 4.57 Å². The molecule has 1 aromatic carbocycles. The van der Waals surface area contributed by atoms with Gasteiger partial charge in [-0.2, -0.15) is 0 Å². The summed E-state index contributed by atoms with van der Waals surface area (Å²) in [6.45, 7) is 5.60. The number of aryl methyl sites for hydroxylation is 2. The monoisotopic (exact) mass is 619 g/mol. The fourth-order valence-electron chi connectivity index (χ4n) is 6.98. The first-order valence-corrected chi connectivity index (χ1v) is 20.4. The molecule has 0 aliphatic carbocycles. The summed E-state index contributed by atoms with van der Waals surface area (Å²) in [6, 6.07) is 13.5. The third kappa shape index (κ3) is 23.4. The molecule has 0 unspecified atom stereocenters.